The van der Waals surface area contributed by atoms with Gasteiger partial charge >= 0.3 is 5.97 Å². The summed E-state index contributed by atoms with van der Waals surface area (Å²) in [6.45, 7) is 3.59. The summed E-state index contributed by atoms with van der Waals surface area (Å²) in [4.78, 5) is 42.2. The summed E-state index contributed by atoms with van der Waals surface area (Å²) >= 11 is 1.34. The SMILES string of the molecule is CCOC(=O)c1ccc2c(c1)N([C@@H](CC)C(=O)Nc1ccc(F)cc1F)C(=O)c1ccccc1S2. The van der Waals surface area contributed by atoms with Crippen LogP contribution in [0.5, 0.6) is 0 Å². The van der Waals surface area contributed by atoms with Gasteiger partial charge in [-0.3, -0.25) is 14.5 Å². The summed E-state index contributed by atoms with van der Waals surface area (Å²) in [5, 5.41) is 2.47. The molecule has 1 aliphatic heterocycles. The van der Waals surface area contributed by atoms with Crippen LogP contribution in [0.2, 0.25) is 0 Å². The average Bonchev–Trinajstić information content (AvgIpc) is 2.96. The van der Waals surface area contributed by atoms with Gasteiger partial charge in [0.2, 0.25) is 5.91 Å². The van der Waals surface area contributed by atoms with Crippen LogP contribution in [0.25, 0.3) is 0 Å². The fourth-order valence-corrected chi connectivity index (χ4v) is 4.87. The van der Waals surface area contributed by atoms with E-state index in [0.717, 1.165) is 12.1 Å². The zero-order valence-corrected chi connectivity index (χ0v) is 19.8. The van der Waals surface area contributed by atoms with Crippen molar-refractivity contribution in [1.82, 2.24) is 0 Å². The van der Waals surface area contributed by atoms with Crippen molar-refractivity contribution in [3.63, 3.8) is 0 Å². The predicted octanol–water partition coefficient (Wildman–Crippen LogP) is 5.67. The summed E-state index contributed by atoms with van der Waals surface area (Å²) < 4.78 is 32.6. The zero-order chi connectivity index (χ0) is 25.1. The number of hydrogen-bond acceptors (Lipinski definition) is 5. The summed E-state index contributed by atoms with van der Waals surface area (Å²) in [5.41, 5.74) is 0.788. The fraction of sp³-hybridized carbons (Fsp3) is 0.192. The second-order valence-corrected chi connectivity index (χ2v) is 8.80. The second kappa shape index (κ2) is 10.3. The Hall–Kier alpha value is -3.72. The highest BCUT2D eigenvalue weighted by molar-refractivity contribution is 7.99. The van der Waals surface area contributed by atoms with E-state index in [1.165, 1.54) is 22.7 Å². The number of nitrogens with zero attached hydrogens (tertiary/aromatic N) is 1. The number of fused-ring (bicyclic) bond motifs is 2. The average molecular weight is 497 g/mol. The molecule has 180 valence electrons. The minimum atomic E-state index is -1.05. The second-order valence-electron chi connectivity index (χ2n) is 7.71. The lowest BCUT2D eigenvalue weighted by Crippen LogP contribution is -2.47. The Morgan fingerprint density at radius 2 is 1.80 bits per heavy atom. The van der Waals surface area contributed by atoms with E-state index < -0.39 is 35.5 Å². The van der Waals surface area contributed by atoms with E-state index in [0.29, 0.717) is 27.1 Å². The van der Waals surface area contributed by atoms with E-state index in [-0.39, 0.29) is 24.3 Å². The quantitative estimate of drug-likeness (QED) is 0.445. The first-order chi connectivity index (χ1) is 16.8. The first-order valence-corrected chi connectivity index (χ1v) is 11.8. The molecule has 35 heavy (non-hydrogen) atoms. The molecule has 0 saturated carbocycles. The number of ether oxygens (including phenoxy) is 1. The van der Waals surface area contributed by atoms with E-state index >= 15 is 0 Å². The summed E-state index contributed by atoms with van der Waals surface area (Å²) in [5.74, 6) is -3.34. The zero-order valence-electron chi connectivity index (χ0n) is 19.0. The summed E-state index contributed by atoms with van der Waals surface area (Å²) in [6, 6.07) is 13.6. The van der Waals surface area contributed by atoms with Crippen LogP contribution in [0.15, 0.2) is 70.5 Å². The number of rotatable bonds is 6. The van der Waals surface area contributed by atoms with Gasteiger partial charge in [0, 0.05) is 15.9 Å². The first-order valence-electron chi connectivity index (χ1n) is 11.0. The van der Waals surface area contributed by atoms with Gasteiger partial charge in [0.25, 0.3) is 5.91 Å². The Morgan fingerprint density at radius 1 is 1.03 bits per heavy atom. The van der Waals surface area contributed by atoms with Gasteiger partial charge in [-0.15, -0.1) is 0 Å². The monoisotopic (exact) mass is 496 g/mol. The molecule has 0 aromatic heterocycles. The Bertz CT molecular complexity index is 1310. The Morgan fingerprint density at radius 3 is 2.51 bits per heavy atom. The lowest BCUT2D eigenvalue weighted by atomic mass is 10.1. The molecule has 4 rings (SSSR count). The molecule has 1 heterocycles. The maximum Gasteiger partial charge on any atom is 0.338 e. The molecule has 1 aliphatic rings. The van der Waals surface area contributed by atoms with Crippen LogP contribution >= 0.6 is 11.8 Å². The molecule has 0 saturated heterocycles. The lowest BCUT2D eigenvalue weighted by Gasteiger charge is -2.31. The van der Waals surface area contributed by atoms with Crippen LogP contribution in [0.1, 0.15) is 41.0 Å². The van der Waals surface area contributed by atoms with Gasteiger partial charge in [-0.25, -0.2) is 13.6 Å². The van der Waals surface area contributed by atoms with Gasteiger partial charge in [0.05, 0.1) is 29.1 Å². The number of esters is 1. The highest BCUT2D eigenvalue weighted by Gasteiger charge is 2.36. The molecule has 3 aromatic carbocycles. The molecule has 0 radical (unpaired) electrons. The van der Waals surface area contributed by atoms with E-state index in [9.17, 15) is 23.2 Å². The molecular weight excluding hydrogens is 474 g/mol. The van der Waals surface area contributed by atoms with Crippen LogP contribution in [0, 0.1) is 11.6 Å². The third kappa shape index (κ3) is 4.90. The number of carbonyl (C=O) groups excluding carboxylic acids is 3. The third-order valence-corrected chi connectivity index (χ3v) is 6.62. The fourth-order valence-electron chi connectivity index (χ4n) is 3.82. The normalized spacial score (nSPS) is 13.4. The standard InChI is InChI=1S/C26H22F2N2O4S/c1-3-20(24(31)29-19-11-10-16(27)14-18(19)28)30-21-13-15(26(33)34-4-2)9-12-23(21)35-22-8-6-5-7-17(22)25(30)32/h5-14,20H,3-4H2,1-2H3,(H,29,31)/t20-/m0/s1. The molecular formula is C26H22F2N2O4S. The number of anilines is 2. The number of nitrogens with one attached hydrogen (secondary N) is 1. The molecule has 0 bridgehead atoms. The number of benzene rings is 3. The smallest absolute Gasteiger partial charge is 0.338 e. The van der Waals surface area contributed by atoms with E-state index in [1.54, 1.807) is 44.2 Å². The highest BCUT2D eigenvalue weighted by atomic mass is 32.2. The number of hydrogen-bond donors (Lipinski definition) is 1. The van der Waals surface area contributed by atoms with Gasteiger partial charge in [-0.2, -0.15) is 0 Å². The van der Waals surface area contributed by atoms with Crippen molar-refractivity contribution < 1.29 is 27.9 Å². The van der Waals surface area contributed by atoms with Crippen LogP contribution in [0.3, 0.4) is 0 Å². The van der Waals surface area contributed by atoms with Crippen LogP contribution in [0.4, 0.5) is 20.2 Å². The van der Waals surface area contributed by atoms with Gasteiger partial charge < -0.3 is 10.1 Å². The van der Waals surface area contributed by atoms with Crippen molar-refractivity contribution in [3.05, 3.63) is 83.4 Å². The van der Waals surface area contributed by atoms with E-state index in [4.69, 9.17) is 4.74 Å². The molecule has 2 amide bonds. The Labute approximate surface area is 205 Å². The van der Waals surface area contributed by atoms with Crippen LogP contribution < -0.4 is 10.2 Å². The maximum absolute atomic E-state index is 14.2. The molecule has 6 nitrogen and oxygen atoms in total. The van der Waals surface area contributed by atoms with Crippen molar-refractivity contribution in [2.75, 3.05) is 16.8 Å². The van der Waals surface area contributed by atoms with Crippen molar-refractivity contribution in [2.45, 2.75) is 36.1 Å². The van der Waals surface area contributed by atoms with E-state index in [2.05, 4.69) is 5.32 Å². The van der Waals surface area contributed by atoms with Crippen molar-refractivity contribution in [2.24, 2.45) is 0 Å². The molecule has 0 aliphatic carbocycles. The minimum Gasteiger partial charge on any atom is -0.462 e. The van der Waals surface area contributed by atoms with Crippen LogP contribution in [-0.2, 0) is 9.53 Å². The van der Waals surface area contributed by atoms with Gasteiger partial charge in [0.1, 0.15) is 17.7 Å². The van der Waals surface area contributed by atoms with Gasteiger partial charge in [0.15, 0.2) is 0 Å². The molecule has 0 unspecified atom stereocenters. The Balaban J connectivity index is 1.81. The molecule has 1 atom stereocenters. The first kappa shape index (κ1) is 24.4. The molecule has 9 heteroatoms. The molecule has 1 N–H and O–H groups in total. The summed E-state index contributed by atoms with van der Waals surface area (Å²) in [6.07, 6.45) is 0.191. The largest absolute Gasteiger partial charge is 0.462 e. The lowest BCUT2D eigenvalue weighted by molar-refractivity contribution is -0.117. The number of carbonyl (C=O) groups is 3. The predicted molar refractivity (Wildman–Crippen MR) is 129 cm³/mol. The van der Waals surface area contributed by atoms with Crippen molar-refractivity contribution in [3.8, 4) is 0 Å². The van der Waals surface area contributed by atoms with Gasteiger partial charge in [-0.1, -0.05) is 30.8 Å². The highest BCUT2D eigenvalue weighted by Crippen LogP contribution is 2.43. The van der Waals surface area contributed by atoms with E-state index in [1.807, 2.05) is 6.07 Å². The minimum absolute atomic E-state index is 0.183. The topological polar surface area (TPSA) is 75.7 Å². The molecule has 3 aromatic rings. The Kier molecular flexibility index (Phi) is 7.16. The van der Waals surface area contributed by atoms with Crippen LogP contribution in [-0.4, -0.2) is 30.4 Å². The van der Waals surface area contributed by atoms with Gasteiger partial charge in [-0.05, 0) is 55.8 Å². The molecule has 0 spiro atoms. The molecule has 0 fully saturated rings. The maximum atomic E-state index is 14.2. The third-order valence-electron chi connectivity index (χ3n) is 5.48. The summed E-state index contributed by atoms with van der Waals surface area (Å²) in [7, 11) is 0. The van der Waals surface area contributed by atoms with Crippen molar-refractivity contribution >= 4 is 40.9 Å². The van der Waals surface area contributed by atoms with Crippen molar-refractivity contribution in [1.29, 1.82) is 0 Å². The number of amides is 2. The number of halogens is 2.